The van der Waals surface area contributed by atoms with Gasteiger partial charge in [-0.2, -0.15) is 0 Å². The number of phenols is 1. The molecule has 3 rings (SSSR count). The highest BCUT2D eigenvalue weighted by Gasteiger charge is 2.24. The fraction of sp³-hybridized carbons (Fsp3) is 0.375. The lowest BCUT2D eigenvalue weighted by molar-refractivity contribution is -0.139. The van der Waals surface area contributed by atoms with E-state index in [1.54, 1.807) is 26.2 Å². The molecule has 1 heterocycles. The van der Waals surface area contributed by atoms with Crippen molar-refractivity contribution >= 4 is 17.0 Å². The van der Waals surface area contributed by atoms with Gasteiger partial charge in [-0.3, -0.25) is 0 Å². The van der Waals surface area contributed by atoms with Gasteiger partial charge in [-0.25, -0.2) is 4.79 Å². The third-order valence-electron chi connectivity index (χ3n) is 4.81. The topological polar surface area (TPSA) is 95.7 Å². The normalized spacial score (nSPS) is 11.4. The molecule has 0 atom stereocenters. The van der Waals surface area contributed by atoms with Crippen LogP contribution in [0.3, 0.4) is 0 Å². The van der Waals surface area contributed by atoms with Crippen LogP contribution in [-0.2, 0) is 14.9 Å². The highest BCUT2D eigenvalue weighted by Crippen LogP contribution is 2.38. The lowest BCUT2D eigenvalue weighted by Gasteiger charge is -2.23. The van der Waals surface area contributed by atoms with Gasteiger partial charge in [0.05, 0.1) is 20.3 Å². The molecule has 170 valence electrons. The molecule has 8 nitrogen and oxygen atoms in total. The predicted molar refractivity (Wildman–Crippen MR) is 122 cm³/mol. The molecule has 32 heavy (non-hydrogen) atoms. The van der Waals surface area contributed by atoms with Crippen LogP contribution in [-0.4, -0.2) is 46.4 Å². The number of aromatic hydroxyl groups is 1. The number of methoxy groups -OCH3 is 1. The van der Waals surface area contributed by atoms with Crippen LogP contribution in [0.4, 0.5) is 0 Å². The Bertz CT molecular complexity index is 1140. The van der Waals surface area contributed by atoms with Gasteiger partial charge in [0.25, 0.3) is 0 Å². The average Bonchev–Trinajstić information content (AvgIpc) is 3.16. The van der Waals surface area contributed by atoms with Gasteiger partial charge in [-0.05, 0) is 30.5 Å². The summed E-state index contributed by atoms with van der Waals surface area (Å²) in [5, 5.41) is 20.0. The number of hydrogen-bond donors (Lipinski definition) is 1. The van der Waals surface area contributed by atoms with Crippen LogP contribution in [0.2, 0.25) is 0 Å². The maximum Gasteiger partial charge on any atom is 0.333 e. The van der Waals surface area contributed by atoms with Crippen molar-refractivity contribution in [2.24, 2.45) is 0 Å². The minimum absolute atomic E-state index is 0.0903. The van der Waals surface area contributed by atoms with Gasteiger partial charge in [0.2, 0.25) is 0 Å². The van der Waals surface area contributed by atoms with Crippen LogP contribution in [0.25, 0.3) is 16.7 Å². The number of fused-ring (bicyclic) bond motifs is 1. The summed E-state index contributed by atoms with van der Waals surface area (Å²) >= 11 is 0. The molecule has 0 radical (unpaired) electrons. The second-order valence-corrected chi connectivity index (χ2v) is 8.55. The quantitative estimate of drug-likeness (QED) is 0.317. The van der Waals surface area contributed by atoms with E-state index < -0.39 is 5.97 Å². The summed E-state index contributed by atoms with van der Waals surface area (Å²) in [6.45, 7) is 11.7. The summed E-state index contributed by atoms with van der Waals surface area (Å²) in [6.07, 6.45) is 0.518. The molecule has 3 aromatic rings. The molecule has 1 N–H and O–H groups in total. The first-order chi connectivity index (χ1) is 15.1. The number of aromatic nitrogens is 3. The zero-order chi connectivity index (χ0) is 23.5. The molecule has 0 amide bonds. The number of esters is 1. The van der Waals surface area contributed by atoms with Gasteiger partial charge >= 0.3 is 5.97 Å². The van der Waals surface area contributed by atoms with Crippen molar-refractivity contribution in [3.05, 3.63) is 48.0 Å². The van der Waals surface area contributed by atoms with Gasteiger partial charge < -0.3 is 19.3 Å². The summed E-state index contributed by atoms with van der Waals surface area (Å²) in [5.74, 6) is 0.911. The van der Waals surface area contributed by atoms with Crippen LogP contribution in [0, 0.1) is 0 Å². The molecule has 0 spiro atoms. The molecule has 0 aliphatic rings. The van der Waals surface area contributed by atoms with Crippen LogP contribution in [0.15, 0.2) is 42.5 Å². The van der Waals surface area contributed by atoms with E-state index in [0.29, 0.717) is 52.4 Å². The second kappa shape index (κ2) is 9.30. The molecule has 1 aromatic heterocycles. The molecule has 0 aliphatic heterocycles. The lowest BCUT2D eigenvalue weighted by Crippen LogP contribution is -2.14. The smallest absolute Gasteiger partial charge is 0.333 e. The lowest BCUT2D eigenvalue weighted by atomic mass is 9.86. The Morgan fingerprint density at radius 1 is 1.09 bits per heavy atom. The van der Waals surface area contributed by atoms with E-state index in [-0.39, 0.29) is 17.8 Å². The van der Waals surface area contributed by atoms with Gasteiger partial charge in [-0.15, -0.1) is 15.0 Å². The Morgan fingerprint density at radius 3 is 2.47 bits per heavy atom. The molecular formula is C24H29N3O5. The van der Waals surface area contributed by atoms with Gasteiger partial charge in [0, 0.05) is 29.7 Å². The Balaban J connectivity index is 1.87. The zero-order valence-corrected chi connectivity index (χ0v) is 19.1. The number of carbonyl (C=O) groups is 1. The van der Waals surface area contributed by atoms with E-state index in [0.717, 1.165) is 0 Å². The average molecular weight is 440 g/mol. The van der Waals surface area contributed by atoms with Gasteiger partial charge in [0.15, 0.2) is 0 Å². The maximum absolute atomic E-state index is 11.5. The van der Waals surface area contributed by atoms with Gasteiger partial charge in [0.1, 0.15) is 34.0 Å². The number of ether oxygens (including phenoxy) is 3. The molecule has 0 bridgehead atoms. The summed E-state index contributed by atoms with van der Waals surface area (Å²) < 4.78 is 16.2. The van der Waals surface area contributed by atoms with Crippen LogP contribution in [0.1, 0.15) is 39.7 Å². The number of hydrogen-bond acceptors (Lipinski definition) is 7. The molecule has 0 aliphatic carbocycles. The van der Waals surface area contributed by atoms with Crippen LogP contribution < -0.4 is 9.47 Å². The van der Waals surface area contributed by atoms with Crippen molar-refractivity contribution in [2.75, 3.05) is 20.3 Å². The minimum atomic E-state index is -0.416. The van der Waals surface area contributed by atoms with Crippen LogP contribution in [0.5, 0.6) is 17.2 Å². The van der Waals surface area contributed by atoms with Crippen molar-refractivity contribution in [3.63, 3.8) is 0 Å². The molecule has 0 saturated heterocycles. The highest BCUT2D eigenvalue weighted by atomic mass is 16.5. The third-order valence-corrected chi connectivity index (χ3v) is 4.81. The predicted octanol–water partition coefficient (Wildman–Crippen LogP) is 4.32. The first kappa shape index (κ1) is 23.1. The summed E-state index contributed by atoms with van der Waals surface area (Å²) in [6, 6.07) is 8.91. The van der Waals surface area contributed by atoms with Crippen molar-refractivity contribution < 1.29 is 24.1 Å². The van der Waals surface area contributed by atoms with E-state index in [2.05, 4.69) is 16.8 Å². The number of carbonyl (C=O) groups excluding carboxylic acids is 1. The minimum Gasteiger partial charge on any atom is -0.505 e. The summed E-state index contributed by atoms with van der Waals surface area (Å²) in [7, 11) is 1.59. The first-order valence-electron chi connectivity index (χ1n) is 10.3. The first-order valence-corrected chi connectivity index (χ1v) is 10.3. The largest absolute Gasteiger partial charge is 0.505 e. The Hall–Kier alpha value is -3.55. The molecule has 0 fully saturated rings. The van der Waals surface area contributed by atoms with E-state index in [9.17, 15) is 9.90 Å². The maximum atomic E-state index is 11.5. The van der Waals surface area contributed by atoms with E-state index in [1.165, 1.54) is 4.80 Å². The van der Waals surface area contributed by atoms with Crippen molar-refractivity contribution in [1.29, 1.82) is 0 Å². The standard InChI is InChI=1S/C24H29N3O5/c1-15(2)23(29)32-11-7-10-31-17-12-18(24(3,4)5)22(28)21(14-17)27-25-19-9-8-16(30-6)13-20(19)26-27/h8-9,12-14,28H,1,7,10-11H2,2-6H3. The van der Waals surface area contributed by atoms with E-state index >= 15 is 0 Å². The summed E-state index contributed by atoms with van der Waals surface area (Å²) in [5.41, 5.74) is 2.46. The van der Waals surface area contributed by atoms with E-state index in [4.69, 9.17) is 14.2 Å². The number of benzene rings is 2. The molecular weight excluding hydrogens is 410 g/mol. The second-order valence-electron chi connectivity index (χ2n) is 8.55. The molecule has 0 saturated carbocycles. The van der Waals surface area contributed by atoms with E-state index in [1.807, 2.05) is 39.0 Å². The monoisotopic (exact) mass is 439 g/mol. The van der Waals surface area contributed by atoms with Crippen LogP contribution >= 0.6 is 0 Å². The summed E-state index contributed by atoms with van der Waals surface area (Å²) in [4.78, 5) is 12.9. The molecule has 0 unspecified atom stereocenters. The number of rotatable bonds is 8. The van der Waals surface area contributed by atoms with Crippen molar-refractivity contribution in [1.82, 2.24) is 15.0 Å². The Morgan fingerprint density at radius 2 is 1.81 bits per heavy atom. The number of nitrogens with zero attached hydrogens (tertiary/aromatic N) is 3. The zero-order valence-electron chi connectivity index (χ0n) is 19.1. The third kappa shape index (κ3) is 5.19. The number of phenolic OH excluding ortho intramolecular Hbond substituents is 1. The Kier molecular flexibility index (Phi) is 6.72. The highest BCUT2D eigenvalue weighted by molar-refractivity contribution is 5.86. The Labute approximate surface area is 187 Å². The molecule has 8 heteroatoms. The van der Waals surface area contributed by atoms with Crippen molar-refractivity contribution in [3.8, 4) is 22.9 Å². The van der Waals surface area contributed by atoms with Crippen molar-refractivity contribution in [2.45, 2.75) is 39.5 Å². The SMILES string of the molecule is C=C(C)C(=O)OCCCOc1cc(-n2nc3ccc(OC)cc3n2)c(O)c(C(C)(C)C)c1. The fourth-order valence-electron chi connectivity index (χ4n) is 3.07. The molecule has 2 aromatic carbocycles. The fourth-order valence-corrected chi connectivity index (χ4v) is 3.07. The van der Waals surface area contributed by atoms with Gasteiger partial charge in [-0.1, -0.05) is 27.4 Å².